The molecule has 0 N–H and O–H groups in total. The summed E-state index contributed by atoms with van der Waals surface area (Å²) in [6.45, 7) is 3.47. The molecule has 0 heterocycles. The zero-order valence-corrected chi connectivity index (χ0v) is 12.9. The molecule has 23 heavy (non-hydrogen) atoms. The van der Waals surface area contributed by atoms with Crippen LogP contribution in [-0.2, 0) is 4.74 Å². The van der Waals surface area contributed by atoms with Crippen molar-refractivity contribution in [2.75, 3.05) is 0 Å². The first kappa shape index (κ1) is 16.3. The van der Waals surface area contributed by atoms with E-state index < -0.39 is 18.0 Å². The standard InChI is InChI=1S/C19H16O4/c1-4-14(3)22-18(20)16-10-5-6-11-17(16)19(21)23-15-9-7-8-13(2)12-15/h1,5-12,14H,2-3H3. The number of aryl methyl sites for hydroxylation is 1. The van der Waals surface area contributed by atoms with Crippen LogP contribution in [0, 0.1) is 19.3 Å². The number of rotatable bonds is 4. The van der Waals surface area contributed by atoms with E-state index in [2.05, 4.69) is 5.92 Å². The molecule has 1 unspecified atom stereocenters. The van der Waals surface area contributed by atoms with Gasteiger partial charge in [0.15, 0.2) is 6.10 Å². The van der Waals surface area contributed by atoms with Gasteiger partial charge < -0.3 is 9.47 Å². The van der Waals surface area contributed by atoms with E-state index in [1.165, 1.54) is 12.1 Å². The number of carbonyl (C=O) groups is 2. The average molecular weight is 308 g/mol. The molecule has 0 saturated carbocycles. The third kappa shape index (κ3) is 4.21. The molecule has 0 spiro atoms. The van der Waals surface area contributed by atoms with Crippen molar-refractivity contribution in [1.29, 1.82) is 0 Å². The first-order chi connectivity index (χ1) is 11.0. The summed E-state index contributed by atoms with van der Waals surface area (Å²) < 4.78 is 10.4. The highest BCUT2D eigenvalue weighted by Crippen LogP contribution is 2.17. The maximum Gasteiger partial charge on any atom is 0.344 e. The highest BCUT2D eigenvalue weighted by atomic mass is 16.5. The minimum atomic E-state index is -0.677. The maximum absolute atomic E-state index is 12.3. The summed E-state index contributed by atoms with van der Waals surface area (Å²) in [7, 11) is 0. The predicted octanol–water partition coefficient (Wildman–Crippen LogP) is 3.39. The zero-order chi connectivity index (χ0) is 16.8. The molecule has 1 atom stereocenters. The lowest BCUT2D eigenvalue weighted by Gasteiger charge is -2.11. The van der Waals surface area contributed by atoms with Gasteiger partial charge in [-0.2, -0.15) is 0 Å². The lowest BCUT2D eigenvalue weighted by molar-refractivity contribution is 0.0432. The van der Waals surface area contributed by atoms with E-state index in [-0.39, 0.29) is 11.1 Å². The number of hydrogen-bond donors (Lipinski definition) is 0. The SMILES string of the molecule is C#CC(C)OC(=O)c1ccccc1C(=O)Oc1cccc(C)c1. The van der Waals surface area contributed by atoms with E-state index in [0.29, 0.717) is 5.75 Å². The first-order valence-electron chi connectivity index (χ1n) is 7.06. The van der Waals surface area contributed by atoms with Crippen LogP contribution in [0.1, 0.15) is 33.2 Å². The molecular weight excluding hydrogens is 292 g/mol. The number of ether oxygens (including phenoxy) is 2. The Hall–Kier alpha value is -3.06. The molecule has 0 aromatic heterocycles. The number of benzene rings is 2. The minimum Gasteiger partial charge on any atom is -0.446 e. The van der Waals surface area contributed by atoms with Crippen LogP contribution in [0.2, 0.25) is 0 Å². The molecule has 2 aromatic rings. The molecule has 0 fully saturated rings. The van der Waals surface area contributed by atoms with Gasteiger partial charge in [-0.1, -0.05) is 30.2 Å². The minimum absolute atomic E-state index is 0.118. The van der Waals surface area contributed by atoms with Crippen LogP contribution < -0.4 is 4.74 Å². The highest BCUT2D eigenvalue weighted by Gasteiger charge is 2.20. The summed E-state index contributed by atoms with van der Waals surface area (Å²) >= 11 is 0. The number of hydrogen-bond acceptors (Lipinski definition) is 4. The van der Waals surface area contributed by atoms with Gasteiger partial charge in [0.2, 0.25) is 0 Å². The normalized spacial score (nSPS) is 11.2. The van der Waals surface area contributed by atoms with Crippen molar-refractivity contribution in [2.24, 2.45) is 0 Å². The molecule has 0 aliphatic carbocycles. The molecule has 4 heteroatoms. The Morgan fingerprint density at radius 1 is 1.04 bits per heavy atom. The molecule has 0 amide bonds. The van der Waals surface area contributed by atoms with Crippen molar-refractivity contribution in [1.82, 2.24) is 0 Å². The van der Waals surface area contributed by atoms with Gasteiger partial charge in [0.05, 0.1) is 11.1 Å². The van der Waals surface area contributed by atoms with Crippen LogP contribution in [0.4, 0.5) is 0 Å². The third-order valence-corrected chi connectivity index (χ3v) is 3.09. The van der Waals surface area contributed by atoms with Crippen LogP contribution in [-0.4, -0.2) is 18.0 Å². The van der Waals surface area contributed by atoms with E-state index in [1.807, 2.05) is 13.0 Å². The third-order valence-electron chi connectivity index (χ3n) is 3.09. The van der Waals surface area contributed by atoms with Gasteiger partial charge in [0, 0.05) is 0 Å². The fraction of sp³-hybridized carbons (Fsp3) is 0.158. The Morgan fingerprint density at radius 3 is 2.30 bits per heavy atom. The van der Waals surface area contributed by atoms with Crippen LogP contribution in [0.25, 0.3) is 0 Å². The summed E-state index contributed by atoms with van der Waals surface area (Å²) in [6, 6.07) is 13.4. The Bertz CT molecular complexity index is 771. The van der Waals surface area contributed by atoms with E-state index in [0.717, 1.165) is 5.56 Å². The molecule has 4 nitrogen and oxygen atoms in total. The second kappa shape index (κ2) is 7.28. The largest absolute Gasteiger partial charge is 0.446 e. The van der Waals surface area contributed by atoms with Gasteiger partial charge in [0.1, 0.15) is 5.75 Å². The average Bonchev–Trinajstić information content (AvgIpc) is 2.54. The maximum atomic E-state index is 12.3. The van der Waals surface area contributed by atoms with Gasteiger partial charge in [-0.25, -0.2) is 9.59 Å². The van der Waals surface area contributed by atoms with Gasteiger partial charge >= 0.3 is 11.9 Å². The molecule has 0 saturated heterocycles. The van der Waals surface area contributed by atoms with Gasteiger partial charge in [-0.3, -0.25) is 0 Å². The summed E-state index contributed by atoms with van der Waals surface area (Å²) in [5.74, 6) is 1.43. The predicted molar refractivity (Wildman–Crippen MR) is 86.3 cm³/mol. The molecule has 0 aliphatic rings. The van der Waals surface area contributed by atoms with Crippen molar-refractivity contribution in [3.05, 3.63) is 65.2 Å². The van der Waals surface area contributed by atoms with Crippen LogP contribution in [0.3, 0.4) is 0 Å². The molecule has 2 aromatic carbocycles. The number of carbonyl (C=O) groups excluding carboxylic acids is 2. The van der Waals surface area contributed by atoms with Crippen molar-refractivity contribution < 1.29 is 19.1 Å². The second-order valence-electron chi connectivity index (χ2n) is 4.97. The smallest absolute Gasteiger partial charge is 0.344 e. The van der Waals surface area contributed by atoms with Crippen molar-refractivity contribution >= 4 is 11.9 Å². The molecular formula is C19H16O4. The number of esters is 2. The van der Waals surface area contributed by atoms with E-state index in [4.69, 9.17) is 15.9 Å². The monoisotopic (exact) mass is 308 g/mol. The fourth-order valence-electron chi connectivity index (χ4n) is 1.94. The summed E-state index contributed by atoms with van der Waals surface area (Å²) in [4.78, 5) is 24.5. The summed E-state index contributed by atoms with van der Waals surface area (Å²) in [5, 5.41) is 0. The van der Waals surface area contributed by atoms with E-state index in [9.17, 15) is 9.59 Å². The first-order valence-corrected chi connectivity index (χ1v) is 7.06. The number of terminal acetylenes is 1. The highest BCUT2D eigenvalue weighted by molar-refractivity contribution is 6.03. The quantitative estimate of drug-likeness (QED) is 0.493. The Balaban J connectivity index is 2.24. The van der Waals surface area contributed by atoms with Crippen molar-refractivity contribution in [3.63, 3.8) is 0 Å². The molecule has 0 radical (unpaired) electrons. The summed E-state index contributed by atoms with van der Waals surface area (Å²) in [6.07, 6.45) is 4.52. The fourth-order valence-corrected chi connectivity index (χ4v) is 1.94. The Morgan fingerprint density at radius 2 is 1.70 bits per heavy atom. The van der Waals surface area contributed by atoms with E-state index >= 15 is 0 Å². The lowest BCUT2D eigenvalue weighted by atomic mass is 10.1. The van der Waals surface area contributed by atoms with Crippen LogP contribution >= 0.6 is 0 Å². The van der Waals surface area contributed by atoms with Crippen LogP contribution in [0.5, 0.6) is 5.75 Å². The summed E-state index contributed by atoms with van der Waals surface area (Å²) in [5.41, 5.74) is 1.21. The van der Waals surface area contributed by atoms with Crippen molar-refractivity contribution in [2.45, 2.75) is 20.0 Å². The van der Waals surface area contributed by atoms with Gasteiger partial charge in [-0.05, 0) is 43.7 Å². The lowest BCUT2D eigenvalue weighted by Crippen LogP contribution is -2.18. The van der Waals surface area contributed by atoms with E-state index in [1.54, 1.807) is 37.3 Å². The zero-order valence-electron chi connectivity index (χ0n) is 12.9. The molecule has 0 bridgehead atoms. The Labute approximate surface area is 135 Å². The molecule has 2 rings (SSSR count). The molecule has 0 aliphatic heterocycles. The van der Waals surface area contributed by atoms with Crippen LogP contribution in [0.15, 0.2) is 48.5 Å². The van der Waals surface area contributed by atoms with Gasteiger partial charge in [-0.15, -0.1) is 6.42 Å². The Kier molecular flexibility index (Phi) is 5.16. The van der Waals surface area contributed by atoms with Gasteiger partial charge in [0.25, 0.3) is 0 Å². The topological polar surface area (TPSA) is 52.6 Å². The van der Waals surface area contributed by atoms with Crippen molar-refractivity contribution in [3.8, 4) is 18.1 Å². The molecule has 116 valence electrons. The second-order valence-corrected chi connectivity index (χ2v) is 4.97.